The lowest BCUT2D eigenvalue weighted by molar-refractivity contribution is 0.122. The highest BCUT2D eigenvalue weighted by atomic mass is 15.3. The quantitative estimate of drug-likeness (QED) is 0.701. The first-order valence-corrected chi connectivity index (χ1v) is 6.72. The van der Waals surface area contributed by atoms with Crippen LogP contribution < -0.4 is 11.1 Å². The summed E-state index contributed by atoms with van der Waals surface area (Å²) in [6.07, 6.45) is 1.72. The van der Waals surface area contributed by atoms with Crippen LogP contribution in [0.25, 0.3) is 11.0 Å². The Labute approximate surface area is 117 Å². The Hall–Kier alpha value is -1.93. The van der Waals surface area contributed by atoms with Crippen molar-refractivity contribution in [3.63, 3.8) is 0 Å². The molecule has 0 amide bonds. The highest BCUT2D eigenvalue weighted by Crippen LogP contribution is 2.19. The van der Waals surface area contributed by atoms with Gasteiger partial charge in [-0.25, -0.2) is 0 Å². The second-order valence-corrected chi connectivity index (χ2v) is 5.34. The first-order chi connectivity index (χ1) is 9.63. The number of piperazine rings is 1. The van der Waals surface area contributed by atoms with Crippen LogP contribution in [-0.4, -0.2) is 76.3 Å². The third-order valence-corrected chi connectivity index (χ3v) is 3.81. The number of anilines is 2. The summed E-state index contributed by atoms with van der Waals surface area (Å²) in [5.41, 5.74) is 6.37. The van der Waals surface area contributed by atoms with Gasteiger partial charge >= 0.3 is 0 Å². The number of hydrogen-bond acceptors (Lipinski definition) is 7. The molecule has 3 rings (SSSR count). The molecule has 2 aromatic rings. The second-order valence-electron chi connectivity index (χ2n) is 5.34. The molecule has 0 aliphatic carbocycles. The molecule has 0 bridgehead atoms. The van der Waals surface area contributed by atoms with Gasteiger partial charge in [0.15, 0.2) is 5.65 Å². The molecule has 0 saturated carbocycles. The van der Waals surface area contributed by atoms with Crippen LogP contribution in [0.5, 0.6) is 0 Å². The summed E-state index contributed by atoms with van der Waals surface area (Å²) in [4.78, 5) is 13.1. The van der Waals surface area contributed by atoms with E-state index in [2.05, 4.69) is 49.4 Å². The van der Waals surface area contributed by atoms with Crippen molar-refractivity contribution in [2.45, 2.75) is 6.04 Å². The Kier molecular flexibility index (Phi) is 3.41. The van der Waals surface area contributed by atoms with Gasteiger partial charge < -0.3 is 16.0 Å². The third kappa shape index (κ3) is 2.52. The third-order valence-electron chi connectivity index (χ3n) is 3.81. The fourth-order valence-corrected chi connectivity index (χ4v) is 2.52. The number of fused-ring (bicyclic) bond motifs is 1. The van der Waals surface area contributed by atoms with Gasteiger partial charge in [-0.05, 0) is 14.1 Å². The summed E-state index contributed by atoms with van der Waals surface area (Å²) in [7, 11) is 4.30. The maximum Gasteiger partial charge on any atom is 0.224 e. The van der Waals surface area contributed by atoms with Crippen LogP contribution in [0.1, 0.15) is 0 Å². The van der Waals surface area contributed by atoms with E-state index in [4.69, 9.17) is 5.73 Å². The molecule has 108 valence electrons. The van der Waals surface area contributed by atoms with Gasteiger partial charge in [-0.1, -0.05) is 0 Å². The van der Waals surface area contributed by atoms with Crippen molar-refractivity contribution < 1.29 is 0 Å². The molecular weight excluding hydrogens is 256 g/mol. The number of H-pyrrole nitrogens is 1. The Morgan fingerprint density at radius 1 is 1.40 bits per heavy atom. The Morgan fingerprint density at radius 3 is 3.10 bits per heavy atom. The zero-order valence-corrected chi connectivity index (χ0v) is 11.8. The van der Waals surface area contributed by atoms with E-state index in [1.165, 1.54) is 0 Å². The normalized spacial score (nSPS) is 21.4. The second kappa shape index (κ2) is 5.22. The van der Waals surface area contributed by atoms with E-state index in [1.807, 2.05) is 0 Å². The Morgan fingerprint density at radius 2 is 2.25 bits per heavy atom. The molecule has 4 N–H and O–H groups in total. The van der Waals surface area contributed by atoms with Gasteiger partial charge in [0, 0.05) is 32.2 Å². The average molecular weight is 276 g/mol. The van der Waals surface area contributed by atoms with Crippen molar-refractivity contribution >= 4 is 22.8 Å². The lowest BCUT2D eigenvalue weighted by atomic mass is 10.2. The molecular formula is C12H20N8. The Balaban J connectivity index is 1.74. The number of nitrogens with one attached hydrogen (secondary N) is 2. The zero-order chi connectivity index (χ0) is 14.1. The van der Waals surface area contributed by atoms with Gasteiger partial charge in [-0.2, -0.15) is 15.1 Å². The molecule has 1 aliphatic rings. The zero-order valence-electron chi connectivity index (χ0n) is 11.8. The van der Waals surface area contributed by atoms with E-state index in [0.29, 0.717) is 11.7 Å². The minimum Gasteiger partial charge on any atom is -0.368 e. The molecule has 8 heteroatoms. The molecule has 3 heterocycles. The summed E-state index contributed by atoms with van der Waals surface area (Å²) in [6.45, 7) is 4.05. The number of nitrogens with zero attached hydrogens (tertiary/aromatic N) is 5. The molecule has 1 atom stereocenters. The van der Waals surface area contributed by atoms with Crippen molar-refractivity contribution in [1.82, 2.24) is 30.0 Å². The van der Waals surface area contributed by atoms with Gasteiger partial charge in [0.25, 0.3) is 0 Å². The summed E-state index contributed by atoms with van der Waals surface area (Å²) in [5, 5.41) is 11.0. The lowest BCUT2D eigenvalue weighted by Gasteiger charge is -2.37. The van der Waals surface area contributed by atoms with Crippen LogP contribution in [-0.2, 0) is 0 Å². The summed E-state index contributed by atoms with van der Waals surface area (Å²) < 4.78 is 0. The van der Waals surface area contributed by atoms with E-state index in [-0.39, 0.29) is 5.95 Å². The van der Waals surface area contributed by atoms with Crippen LogP contribution >= 0.6 is 0 Å². The summed E-state index contributed by atoms with van der Waals surface area (Å²) >= 11 is 0. The van der Waals surface area contributed by atoms with E-state index in [1.54, 1.807) is 6.20 Å². The number of nitrogen functional groups attached to an aromatic ring is 1. The molecule has 0 aromatic carbocycles. The number of hydrogen-bond donors (Lipinski definition) is 3. The number of rotatable bonds is 3. The molecule has 0 spiro atoms. The standard InChI is InChI=1S/C12H20N8/c1-19-3-4-20(2)8(7-19)5-14-10-9-6-15-18-11(9)17-12(13)16-10/h6,8H,3-5,7H2,1-2H3,(H4,13,14,15,16,17,18). The first kappa shape index (κ1) is 13.1. The number of nitrogens with two attached hydrogens (primary N) is 1. The number of aromatic nitrogens is 4. The van der Waals surface area contributed by atoms with Gasteiger partial charge in [-0.3, -0.25) is 10.00 Å². The van der Waals surface area contributed by atoms with Gasteiger partial charge in [-0.15, -0.1) is 0 Å². The van der Waals surface area contributed by atoms with Crippen LogP contribution in [0.4, 0.5) is 11.8 Å². The van der Waals surface area contributed by atoms with E-state index in [0.717, 1.165) is 37.4 Å². The van der Waals surface area contributed by atoms with E-state index < -0.39 is 0 Å². The van der Waals surface area contributed by atoms with Crippen molar-refractivity contribution in [3.8, 4) is 0 Å². The smallest absolute Gasteiger partial charge is 0.224 e. The predicted molar refractivity (Wildman–Crippen MR) is 78.5 cm³/mol. The van der Waals surface area contributed by atoms with E-state index in [9.17, 15) is 0 Å². The van der Waals surface area contributed by atoms with Gasteiger partial charge in [0.05, 0.1) is 11.6 Å². The van der Waals surface area contributed by atoms with Crippen LogP contribution in [0.2, 0.25) is 0 Å². The highest BCUT2D eigenvalue weighted by molar-refractivity contribution is 5.86. The monoisotopic (exact) mass is 276 g/mol. The molecule has 1 fully saturated rings. The highest BCUT2D eigenvalue weighted by Gasteiger charge is 2.22. The number of likely N-dealkylation sites (N-methyl/N-ethyl adjacent to an activating group) is 2. The lowest BCUT2D eigenvalue weighted by Crippen LogP contribution is -2.52. The molecule has 1 unspecified atom stereocenters. The minimum atomic E-state index is 0.248. The summed E-state index contributed by atoms with van der Waals surface area (Å²) in [5.74, 6) is 0.987. The van der Waals surface area contributed by atoms with E-state index >= 15 is 0 Å². The molecule has 20 heavy (non-hydrogen) atoms. The van der Waals surface area contributed by atoms with Gasteiger partial charge in [0.1, 0.15) is 5.82 Å². The minimum absolute atomic E-state index is 0.248. The largest absolute Gasteiger partial charge is 0.368 e. The van der Waals surface area contributed by atoms with Crippen molar-refractivity contribution in [2.75, 3.05) is 51.3 Å². The maximum atomic E-state index is 5.71. The van der Waals surface area contributed by atoms with Crippen molar-refractivity contribution in [3.05, 3.63) is 6.20 Å². The van der Waals surface area contributed by atoms with Crippen molar-refractivity contribution in [2.24, 2.45) is 0 Å². The van der Waals surface area contributed by atoms with Gasteiger partial charge in [0.2, 0.25) is 5.95 Å². The van der Waals surface area contributed by atoms with Crippen LogP contribution in [0.3, 0.4) is 0 Å². The summed E-state index contributed by atoms with van der Waals surface area (Å²) in [6, 6.07) is 0.451. The van der Waals surface area contributed by atoms with Crippen LogP contribution in [0, 0.1) is 0 Å². The number of aromatic amines is 1. The Bertz CT molecular complexity index is 594. The molecule has 0 radical (unpaired) electrons. The maximum absolute atomic E-state index is 5.71. The molecule has 8 nitrogen and oxygen atoms in total. The van der Waals surface area contributed by atoms with Crippen molar-refractivity contribution in [1.29, 1.82) is 0 Å². The average Bonchev–Trinajstić information content (AvgIpc) is 2.87. The fraction of sp³-hybridized carbons (Fsp3) is 0.583. The molecule has 2 aromatic heterocycles. The fourth-order valence-electron chi connectivity index (χ4n) is 2.52. The predicted octanol–water partition coefficient (Wildman–Crippen LogP) is -0.407. The molecule has 1 saturated heterocycles. The molecule has 1 aliphatic heterocycles. The SMILES string of the molecule is CN1CCN(C)C(CNc2nc(N)nc3[nH]ncc23)C1. The first-order valence-electron chi connectivity index (χ1n) is 6.72. The topological polar surface area (TPSA) is 99.0 Å². The van der Waals surface area contributed by atoms with Crippen LogP contribution in [0.15, 0.2) is 6.20 Å².